The van der Waals surface area contributed by atoms with Gasteiger partial charge in [-0.05, 0) is 78.6 Å². The summed E-state index contributed by atoms with van der Waals surface area (Å²) in [7, 11) is 0. The first-order chi connectivity index (χ1) is 18.1. The van der Waals surface area contributed by atoms with Gasteiger partial charge in [-0.3, -0.25) is 19.2 Å². The number of hydrogen-bond donors (Lipinski definition) is 2. The second-order valence-corrected chi connectivity index (χ2v) is 9.49. The van der Waals surface area contributed by atoms with Gasteiger partial charge in [0.15, 0.2) is 12.4 Å². The van der Waals surface area contributed by atoms with Crippen molar-refractivity contribution in [1.82, 2.24) is 0 Å². The summed E-state index contributed by atoms with van der Waals surface area (Å²) in [6, 6.07) is 20.6. The number of anilines is 3. The maximum absolute atomic E-state index is 12.5. The maximum Gasteiger partial charge on any atom is 0.303 e. The van der Waals surface area contributed by atoms with Gasteiger partial charge in [-0.15, -0.1) is 0 Å². The van der Waals surface area contributed by atoms with E-state index in [1.165, 1.54) is 13.8 Å². The minimum Gasteiger partial charge on any atom is -0.457 e. The van der Waals surface area contributed by atoms with Crippen molar-refractivity contribution in [3.63, 3.8) is 0 Å². The fourth-order valence-electron chi connectivity index (χ4n) is 4.84. The minimum atomic E-state index is -0.498. The van der Waals surface area contributed by atoms with Crippen molar-refractivity contribution in [3.05, 3.63) is 77.9 Å². The number of fused-ring (bicyclic) bond motifs is 1. The number of amides is 2. The average molecular weight is 514 g/mol. The van der Waals surface area contributed by atoms with E-state index in [0.717, 1.165) is 28.1 Å². The zero-order valence-electron chi connectivity index (χ0n) is 21.9. The van der Waals surface area contributed by atoms with Crippen molar-refractivity contribution in [1.29, 1.82) is 0 Å². The van der Waals surface area contributed by atoms with Gasteiger partial charge >= 0.3 is 5.97 Å². The van der Waals surface area contributed by atoms with Gasteiger partial charge in [-0.2, -0.15) is 0 Å². The molecule has 38 heavy (non-hydrogen) atoms. The number of esters is 1. The topological polar surface area (TPSA) is 105 Å². The molecule has 0 spiro atoms. The van der Waals surface area contributed by atoms with Crippen LogP contribution in [0, 0.1) is 0 Å². The summed E-state index contributed by atoms with van der Waals surface area (Å²) < 4.78 is 4.81. The van der Waals surface area contributed by atoms with Crippen molar-refractivity contribution >= 4 is 40.6 Å². The second-order valence-electron chi connectivity index (χ2n) is 9.49. The Morgan fingerprint density at radius 1 is 0.895 bits per heavy atom. The van der Waals surface area contributed by atoms with Crippen LogP contribution in [0.3, 0.4) is 0 Å². The van der Waals surface area contributed by atoms with Gasteiger partial charge in [0, 0.05) is 49.4 Å². The van der Waals surface area contributed by atoms with Crippen LogP contribution in [0.15, 0.2) is 66.7 Å². The molecule has 4 rings (SSSR count). The molecule has 0 aliphatic carbocycles. The molecule has 1 aliphatic heterocycles. The third-order valence-electron chi connectivity index (χ3n) is 6.49. The second kappa shape index (κ2) is 11.3. The number of carbonyl (C=O) groups is 4. The number of ether oxygens (including phenoxy) is 1. The van der Waals surface area contributed by atoms with E-state index in [4.69, 9.17) is 4.74 Å². The van der Waals surface area contributed by atoms with Crippen LogP contribution >= 0.6 is 0 Å². The Hall–Kier alpha value is -4.46. The summed E-state index contributed by atoms with van der Waals surface area (Å²) in [5, 5.41) is 6.39. The minimum absolute atomic E-state index is 0.0176. The Balaban J connectivity index is 1.64. The number of carbonyl (C=O) groups excluding carboxylic acids is 4. The van der Waals surface area contributed by atoms with Crippen molar-refractivity contribution in [2.24, 2.45) is 0 Å². The maximum atomic E-state index is 12.5. The Bertz CT molecular complexity index is 1380. The van der Waals surface area contributed by atoms with E-state index in [9.17, 15) is 19.2 Å². The number of nitrogens with zero attached hydrogens (tertiary/aromatic N) is 1. The number of Topliss-reactive ketones (excluding diaryl/α,β-unsaturated/α-hetero) is 1. The van der Waals surface area contributed by atoms with E-state index >= 15 is 0 Å². The third kappa shape index (κ3) is 6.08. The molecule has 0 saturated carbocycles. The molecule has 0 unspecified atom stereocenters. The van der Waals surface area contributed by atoms with Crippen LogP contribution in [0.25, 0.3) is 11.1 Å². The van der Waals surface area contributed by atoms with E-state index in [0.29, 0.717) is 17.7 Å². The molecule has 0 fully saturated rings. The van der Waals surface area contributed by atoms with Gasteiger partial charge in [0.05, 0.1) is 6.04 Å². The number of rotatable bonds is 7. The zero-order chi connectivity index (χ0) is 27.4. The Kier molecular flexibility index (Phi) is 7.90. The van der Waals surface area contributed by atoms with Gasteiger partial charge in [0.2, 0.25) is 11.8 Å². The highest BCUT2D eigenvalue weighted by Crippen LogP contribution is 2.41. The number of nitrogens with one attached hydrogen (secondary N) is 2. The standard InChI is InChI=1S/C30H31N3O5/c1-18-14-28(32-25-11-8-22(9-12-25)30(37)17-38-21(4)36)27-16-24(10-13-29(27)33(18)20(3)35)23-6-5-7-26(15-23)31-19(2)34/h5-13,15-16,18,28,32H,14,17H2,1-4H3,(H,31,34)/t18-,28+/m0/s1. The highest BCUT2D eigenvalue weighted by Gasteiger charge is 2.32. The lowest BCUT2D eigenvalue weighted by molar-refractivity contribution is -0.139. The molecule has 3 aromatic rings. The predicted molar refractivity (Wildman–Crippen MR) is 147 cm³/mol. The monoisotopic (exact) mass is 513 g/mol. The van der Waals surface area contributed by atoms with Crippen LogP contribution in [-0.4, -0.2) is 36.2 Å². The summed E-state index contributed by atoms with van der Waals surface area (Å²) in [5.74, 6) is -0.926. The first-order valence-electron chi connectivity index (χ1n) is 12.5. The largest absolute Gasteiger partial charge is 0.457 e. The van der Waals surface area contributed by atoms with Gasteiger partial charge in [-0.25, -0.2) is 0 Å². The van der Waals surface area contributed by atoms with Gasteiger partial charge in [0.1, 0.15) is 0 Å². The highest BCUT2D eigenvalue weighted by molar-refractivity contribution is 5.98. The van der Waals surface area contributed by atoms with Crippen LogP contribution in [0.4, 0.5) is 17.1 Å². The number of benzene rings is 3. The molecular formula is C30H31N3O5. The van der Waals surface area contributed by atoms with Gasteiger partial charge in [-0.1, -0.05) is 18.2 Å². The van der Waals surface area contributed by atoms with Crippen LogP contribution in [-0.2, 0) is 19.1 Å². The Labute approximate surface area is 222 Å². The molecule has 0 radical (unpaired) electrons. The van der Waals surface area contributed by atoms with E-state index in [2.05, 4.69) is 16.7 Å². The fourth-order valence-corrected chi connectivity index (χ4v) is 4.84. The Morgan fingerprint density at radius 2 is 1.61 bits per heavy atom. The molecule has 8 heteroatoms. The normalized spacial score (nSPS) is 16.3. The molecule has 0 bridgehead atoms. The quantitative estimate of drug-likeness (QED) is 0.326. The van der Waals surface area contributed by atoms with Crippen molar-refractivity contribution < 1.29 is 23.9 Å². The predicted octanol–water partition coefficient (Wildman–Crippen LogP) is 5.36. The molecule has 8 nitrogen and oxygen atoms in total. The van der Waals surface area contributed by atoms with Gasteiger partial charge < -0.3 is 20.3 Å². The molecule has 0 saturated heterocycles. The molecule has 3 aromatic carbocycles. The molecule has 1 aliphatic rings. The first kappa shape index (κ1) is 26.6. The van der Waals surface area contributed by atoms with Crippen LogP contribution < -0.4 is 15.5 Å². The summed E-state index contributed by atoms with van der Waals surface area (Å²) in [6.45, 7) is 6.05. The zero-order valence-corrected chi connectivity index (χ0v) is 21.9. The first-order valence-corrected chi connectivity index (χ1v) is 12.5. The van der Waals surface area contributed by atoms with Crippen molar-refractivity contribution in [3.8, 4) is 11.1 Å². The van der Waals surface area contributed by atoms with Crippen LogP contribution in [0.1, 0.15) is 56.1 Å². The number of ketones is 1. The van der Waals surface area contributed by atoms with Gasteiger partial charge in [0.25, 0.3) is 0 Å². The van der Waals surface area contributed by atoms with Crippen molar-refractivity contribution in [2.75, 3.05) is 22.1 Å². The SMILES string of the molecule is CC(=O)Nc1cccc(-c2ccc3c(c2)[C@H](Nc2ccc(C(=O)COC(C)=O)cc2)C[C@H](C)N3C(C)=O)c1. The summed E-state index contributed by atoms with van der Waals surface area (Å²) in [5.41, 5.74) is 5.74. The lowest BCUT2D eigenvalue weighted by atomic mass is 9.88. The number of hydrogen-bond acceptors (Lipinski definition) is 6. The lowest BCUT2D eigenvalue weighted by Crippen LogP contribution is -2.43. The molecule has 2 atom stereocenters. The molecular weight excluding hydrogens is 482 g/mol. The molecule has 1 heterocycles. The summed E-state index contributed by atoms with van der Waals surface area (Å²) in [6.07, 6.45) is 0.690. The van der Waals surface area contributed by atoms with Crippen LogP contribution in [0.2, 0.25) is 0 Å². The fraction of sp³-hybridized carbons (Fsp3) is 0.267. The summed E-state index contributed by atoms with van der Waals surface area (Å²) in [4.78, 5) is 49.1. The molecule has 196 valence electrons. The molecule has 0 aromatic heterocycles. The smallest absolute Gasteiger partial charge is 0.303 e. The highest BCUT2D eigenvalue weighted by atomic mass is 16.5. The van der Waals surface area contributed by atoms with E-state index in [-0.39, 0.29) is 36.3 Å². The third-order valence-corrected chi connectivity index (χ3v) is 6.49. The average Bonchev–Trinajstić information content (AvgIpc) is 2.87. The van der Waals surface area contributed by atoms with Crippen LogP contribution in [0.5, 0.6) is 0 Å². The summed E-state index contributed by atoms with van der Waals surface area (Å²) >= 11 is 0. The lowest BCUT2D eigenvalue weighted by Gasteiger charge is -2.39. The van der Waals surface area contributed by atoms with E-state index in [1.807, 2.05) is 60.4 Å². The van der Waals surface area contributed by atoms with E-state index in [1.54, 1.807) is 19.1 Å². The van der Waals surface area contributed by atoms with Crippen molar-refractivity contribution in [2.45, 2.75) is 46.2 Å². The molecule has 2 N–H and O–H groups in total. The van der Waals surface area contributed by atoms with E-state index < -0.39 is 5.97 Å². The Morgan fingerprint density at radius 3 is 2.26 bits per heavy atom. The molecule has 2 amide bonds.